The van der Waals surface area contributed by atoms with Crippen molar-refractivity contribution in [3.63, 3.8) is 0 Å². The fourth-order valence-electron chi connectivity index (χ4n) is 1.74. The molecule has 0 spiro atoms. The van der Waals surface area contributed by atoms with Crippen molar-refractivity contribution in [3.8, 4) is 0 Å². The Balaban J connectivity index is 2.49. The third-order valence-corrected chi connectivity index (χ3v) is 4.12. The maximum Gasteiger partial charge on any atom is 0.231 e. The Kier molecular flexibility index (Phi) is 6.11. The number of rotatable bonds is 8. The first-order valence-electron chi connectivity index (χ1n) is 6.52. The van der Waals surface area contributed by atoms with Gasteiger partial charge in [0.15, 0.2) is 5.13 Å². The van der Waals surface area contributed by atoms with Gasteiger partial charge in [-0.15, -0.1) is 11.3 Å². The van der Waals surface area contributed by atoms with Gasteiger partial charge in [-0.25, -0.2) is 13.4 Å². The highest BCUT2D eigenvalue weighted by molar-refractivity contribution is 7.92. The van der Waals surface area contributed by atoms with Gasteiger partial charge in [0.05, 0.1) is 24.0 Å². The molecule has 3 N–H and O–H groups in total. The first-order valence-corrected chi connectivity index (χ1v) is 9.30. The first-order chi connectivity index (χ1) is 9.61. The Morgan fingerprint density at radius 1 is 1.52 bits per heavy atom. The van der Waals surface area contributed by atoms with E-state index in [0.29, 0.717) is 12.1 Å². The fraction of sp³-hybridized carbons (Fsp3) is 0.667. The van der Waals surface area contributed by atoms with Crippen LogP contribution in [0.3, 0.4) is 0 Å². The van der Waals surface area contributed by atoms with Crippen LogP contribution in [0.25, 0.3) is 0 Å². The van der Waals surface area contributed by atoms with E-state index in [9.17, 15) is 18.3 Å². The molecule has 1 amide bonds. The number of thiazole rings is 1. The van der Waals surface area contributed by atoms with Crippen LogP contribution in [0.5, 0.6) is 0 Å². The second kappa shape index (κ2) is 7.19. The molecule has 1 aromatic rings. The van der Waals surface area contributed by atoms with Gasteiger partial charge in [-0.3, -0.25) is 9.52 Å². The molecule has 0 aromatic carbocycles. The summed E-state index contributed by atoms with van der Waals surface area (Å²) in [6, 6.07) is 0. The number of hydrogen-bond donors (Lipinski definition) is 3. The summed E-state index contributed by atoms with van der Waals surface area (Å²) >= 11 is 1.12. The van der Waals surface area contributed by atoms with E-state index >= 15 is 0 Å². The fourth-order valence-corrected chi connectivity index (χ4v) is 3.30. The highest BCUT2D eigenvalue weighted by atomic mass is 32.2. The average molecular weight is 335 g/mol. The number of nitrogens with zero attached hydrogens (tertiary/aromatic N) is 1. The molecule has 0 aliphatic carbocycles. The summed E-state index contributed by atoms with van der Waals surface area (Å²) in [6.45, 7) is 3.81. The summed E-state index contributed by atoms with van der Waals surface area (Å²) in [5.41, 5.74) is -0.436. The van der Waals surface area contributed by atoms with E-state index in [2.05, 4.69) is 15.0 Å². The number of sulfonamides is 1. The largest absolute Gasteiger partial charge is 0.388 e. The summed E-state index contributed by atoms with van der Waals surface area (Å²) < 4.78 is 24.4. The van der Waals surface area contributed by atoms with Gasteiger partial charge in [0, 0.05) is 11.9 Å². The van der Waals surface area contributed by atoms with Crippen molar-refractivity contribution < 1.29 is 18.3 Å². The van der Waals surface area contributed by atoms with Crippen LogP contribution in [0.2, 0.25) is 0 Å². The van der Waals surface area contributed by atoms with Gasteiger partial charge >= 0.3 is 0 Å². The molecule has 0 saturated heterocycles. The molecule has 1 aromatic heterocycles. The normalized spacial score (nSPS) is 14.5. The van der Waals surface area contributed by atoms with Crippen molar-refractivity contribution in [1.29, 1.82) is 0 Å². The van der Waals surface area contributed by atoms with Crippen LogP contribution in [-0.4, -0.2) is 42.8 Å². The Morgan fingerprint density at radius 3 is 2.76 bits per heavy atom. The van der Waals surface area contributed by atoms with E-state index < -0.39 is 15.6 Å². The van der Waals surface area contributed by atoms with E-state index in [-0.39, 0.29) is 24.0 Å². The lowest BCUT2D eigenvalue weighted by Gasteiger charge is -2.22. The van der Waals surface area contributed by atoms with Crippen LogP contribution in [0, 0.1) is 0 Å². The standard InChI is InChI=1S/C12H21N3O4S2/c1-4-5-12(2,17)8-13-10(16)6-9-7-20-11(14-9)15-21(3,18)19/h7,17H,4-6,8H2,1-3H3,(H,13,16)(H,14,15). The second-order valence-corrected chi connectivity index (χ2v) is 7.83. The van der Waals surface area contributed by atoms with Crippen LogP contribution >= 0.6 is 11.3 Å². The number of aromatic nitrogens is 1. The molecule has 0 fully saturated rings. The number of amides is 1. The van der Waals surface area contributed by atoms with Crippen LogP contribution in [0.1, 0.15) is 32.4 Å². The lowest BCUT2D eigenvalue weighted by molar-refractivity contribution is -0.121. The van der Waals surface area contributed by atoms with Crippen molar-refractivity contribution >= 4 is 32.4 Å². The van der Waals surface area contributed by atoms with E-state index in [1.165, 1.54) is 0 Å². The molecule has 0 saturated carbocycles. The lowest BCUT2D eigenvalue weighted by Crippen LogP contribution is -2.41. The predicted molar refractivity (Wildman–Crippen MR) is 82.8 cm³/mol. The van der Waals surface area contributed by atoms with Crippen LogP contribution in [0.15, 0.2) is 5.38 Å². The minimum absolute atomic E-state index is 0.0458. The highest BCUT2D eigenvalue weighted by Crippen LogP contribution is 2.17. The van der Waals surface area contributed by atoms with Gasteiger partial charge in [0.25, 0.3) is 0 Å². The molecule has 1 rings (SSSR count). The van der Waals surface area contributed by atoms with E-state index in [1.54, 1.807) is 12.3 Å². The van der Waals surface area contributed by atoms with E-state index in [0.717, 1.165) is 24.0 Å². The smallest absolute Gasteiger partial charge is 0.231 e. The van der Waals surface area contributed by atoms with Crippen molar-refractivity contribution in [2.45, 2.75) is 38.7 Å². The van der Waals surface area contributed by atoms with E-state index in [4.69, 9.17) is 0 Å². The summed E-state index contributed by atoms with van der Waals surface area (Å²) in [5.74, 6) is -0.261. The minimum atomic E-state index is -3.36. The van der Waals surface area contributed by atoms with Gasteiger partial charge in [-0.05, 0) is 13.3 Å². The number of hydrogen-bond acceptors (Lipinski definition) is 6. The zero-order valence-corrected chi connectivity index (χ0v) is 14.0. The van der Waals surface area contributed by atoms with Crippen molar-refractivity contribution in [3.05, 3.63) is 11.1 Å². The SMILES string of the molecule is CCCC(C)(O)CNC(=O)Cc1csc(NS(C)(=O)=O)n1. The molecule has 1 unspecified atom stereocenters. The molecule has 21 heavy (non-hydrogen) atoms. The van der Waals surface area contributed by atoms with Gasteiger partial charge in [-0.1, -0.05) is 13.3 Å². The Hall–Kier alpha value is -1.19. The van der Waals surface area contributed by atoms with Gasteiger partial charge in [0.1, 0.15) is 0 Å². The number of nitrogens with one attached hydrogen (secondary N) is 2. The summed E-state index contributed by atoms with van der Waals surface area (Å²) in [7, 11) is -3.36. The molecule has 7 nitrogen and oxygen atoms in total. The molecule has 0 aliphatic rings. The Bertz CT molecular complexity index is 581. The maximum atomic E-state index is 11.8. The molecule has 120 valence electrons. The summed E-state index contributed by atoms with van der Waals surface area (Å²) in [6.07, 6.45) is 2.52. The third kappa shape index (κ3) is 7.39. The predicted octanol–water partition coefficient (Wildman–Crippen LogP) is 0.724. The van der Waals surface area contributed by atoms with Crippen LogP contribution < -0.4 is 10.0 Å². The summed E-state index contributed by atoms with van der Waals surface area (Å²) in [5, 5.41) is 14.5. The zero-order chi connectivity index (χ0) is 16.1. The number of anilines is 1. The average Bonchev–Trinajstić information content (AvgIpc) is 2.71. The molecular weight excluding hydrogens is 314 g/mol. The molecule has 9 heteroatoms. The first kappa shape index (κ1) is 17.9. The van der Waals surface area contributed by atoms with Gasteiger partial charge < -0.3 is 10.4 Å². The maximum absolute atomic E-state index is 11.8. The third-order valence-electron chi connectivity index (χ3n) is 2.62. The monoisotopic (exact) mass is 335 g/mol. The van der Waals surface area contributed by atoms with E-state index in [1.807, 2.05) is 6.92 Å². The van der Waals surface area contributed by atoms with Crippen molar-refractivity contribution in [2.75, 3.05) is 17.5 Å². The Morgan fingerprint density at radius 2 is 2.19 bits per heavy atom. The van der Waals surface area contributed by atoms with Gasteiger partial charge in [-0.2, -0.15) is 0 Å². The van der Waals surface area contributed by atoms with Gasteiger partial charge in [0.2, 0.25) is 15.9 Å². The Labute approximate surface area is 128 Å². The topological polar surface area (TPSA) is 108 Å². The molecule has 0 bridgehead atoms. The summed E-state index contributed by atoms with van der Waals surface area (Å²) in [4.78, 5) is 15.8. The quantitative estimate of drug-likeness (QED) is 0.649. The molecule has 1 heterocycles. The number of aliphatic hydroxyl groups is 1. The number of carbonyl (C=O) groups is 1. The van der Waals surface area contributed by atoms with Crippen LogP contribution in [-0.2, 0) is 21.2 Å². The van der Waals surface area contributed by atoms with Crippen molar-refractivity contribution in [2.24, 2.45) is 0 Å². The lowest BCUT2D eigenvalue weighted by atomic mass is 10.0. The molecule has 0 aliphatic heterocycles. The molecule has 1 atom stereocenters. The zero-order valence-electron chi connectivity index (χ0n) is 12.3. The van der Waals surface area contributed by atoms with Crippen LogP contribution in [0.4, 0.5) is 5.13 Å². The molecular formula is C12H21N3O4S2. The molecule has 0 radical (unpaired) electrons. The van der Waals surface area contributed by atoms with Crippen molar-refractivity contribution in [1.82, 2.24) is 10.3 Å². The minimum Gasteiger partial charge on any atom is -0.388 e. The second-order valence-electron chi connectivity index (χ2n) is 5.22. The highest BCUT2D eigenvalue weighted by Gasteiger charge is 2.20. The number of carbonyl (C=O) groups excluding carboxylic acids is 1.